The number of hydrogen-bond donors (Lipinski definition) is 1. The Morgan fingerprint density at radius 1 is 1.60 bits per heavy atom. The van der Waals surface area contributed by atoms with Crippen LogP contribution in [0.4, 0.5) is 4.39 Å². The zero-order valence-electron chi connectivity index (χ0n) is 7.77. The molecule has 0 saturated carbocycles. The Balaban J connectivity index is 2.94. The summed E-state index contributed by atoms with van der Waals surface area (Å²) >= 11 is 0. The smallest absolute Gasteiger partial charge is 0.335 e. The quantitative estimate of drug-likeness (QED) is 0.824. The lowest BCUT2D eigenvalue weighted by atomic mass is 10.1. The number of rotatable bonds is 3. The first-order valence-electron chi connectivity index (χ1n) is 4.21. The standard InChI is InChI=1S/C11H8FNO2/c12-10-7-9(11(14)15)5-4-8(10)3-1-2-6-13/h1,3-5,7H,2H2,(H,14,15). The van der Waals surface area contributed by atoms with Gasteiger partial charge in [-0.25, -0.2) is 9.18 Å². The fraction of sp³-hybridized carbons (Fsp3) is 0.0909. The molecule has 0 fully saturated rings. The van der Waals surface area contributed by atoms with Crippen molar-refractivity contribution in [2.24, 2.45) is 0 Å². The Kier molecular flexibility index (Phi) is 3.58. The number of carboxylic acid groups (broad SMARTS) is 1. The van der Waals surface area contributed by atoms with Gasteiger partial charge in [-0.3, -0.25) is 0 Å². The maximum atomic E-state index is 13.2. The Labute approximate surface area is 86.1 Å². The number of carbonyl (C=O) groups is 1. The molecule has 0 unspecified atom stereocenters. The second-order valence-electron chi connectivity index (χ2n) is 2.81. The molecule has 3 nitrogen and oxygen atoms in total. The molecule has 76 valence electrons. The first-order valence-corrected chi connectivity index (χ1v) is 4.21. The Bertz CT molecular complexity index is 446. The van der Waals surface area contributed by atoms with Crippen LogP contribution < -0.4 is 0 Å². The SMILES string of the molecule is N#CCC=Cc1ccc(C(=O)O)cc1F. The molecular weight excluding hydrogens is 197 g/mol. The van der Waals surface area contributed by atoms with Gasteiger partial charge in [0, 0.05) is 5.56 Å². The van der Waals surface area contributed by atoms with Crippen LogP contribution in [0.1, 0.15) is 22.3 Å². The molecule has 0 radical (unpaired) electrons. The van der Waals surface area contributed by atoms with E-state index in [0.29, 0.717) is 0 Å². The van der Waals surface area contributed by atoms with Crippen LogP contribution in [0.5, 0.6) is 0 Å². The summed E-state index contributed by atoms with van der Waals surface area (Å²) in [6, 6.07) is 5.52. The van der Waals surface area contributed by atoms with E-state index in [4.69, 9.17) is 10.4 Å². The maximum Gasteiger partial charge on any atom is 0.335 e. The molecule has 1 N–H and O–H groups in total. The third kappa shape index (κ3) is 2.92. The minimum atomic E-state index is -1.17. The van der Waals surface area contributed by atoms with Gasteiger partial charge in [-0.1, -0.05) is 18.2 Å². The summed E-state index contributed by atoms with van der Waals surface area (Å²) in [6.07, 6.45) is 3.16. The van der Waals surface area contributed by atoms with Crippen molar-refractivity contribution in [2.45, 2.75) is 6.42 Å². The van der Waals surface area contributed by atoms with Gasteiger partial charge in [-0.2, -0.15) is 5.26 Å². The molecule has 1 rings (SSSR count). The molecule has 4 heteroatoms. The number of hydrogen-bond acceptors (Lipinski definition) is 2. The topological polar surface area (TPSA) is 61.1 Å². The average molecular weight is 205 g/mol. The van der Waals surface area contributed by atoms with Crippen molar-refractivity contribution in [3.8, 4) is 6.07 Å². The number of allylic oxidation sites excluding steroid dienone is 1. The third-order valence-electron chi connectivity index (χ3n) is 1.75. The molecule has 0 saturated heterocycles. The predicted octanol–water partition coefficient (Wildman–Crippen LogP) is 2.45. The minimum absolute atomic E-state index is 0.0927. The van der Waals surface area contributed by atoms with Crippen molar-refractivity contribution in [3.05, 3.63) is 41.2 Å². The lowest BCUT2D eigenvalue weighted by Gasteiger charge is -1.98. The summed E-state index contributed by atoms with van der Waals surface area (Å²) in [5, 5.41) is 16.8. The highest BCUT2D eigenvalue weighted by molar-refractivity contribution is 5.87. The fourth-order valence-corrected chi connectivity index (χ4v) is 1.03. The summed E-state index contributed by atoms with van der Waals surface area (Å²) in [6.45, 7) is 0. The van der Waals surface area contributed by atoms with E-state index in [1.54, 1.807) is 0 Å². The van der Waals surface area contributed by atoms with E-state index in [0.717, 1.165) is 6.07 Å². The highest BCUT2D eigenvalue weighted by atomic mass is 19.1. The predicted molar refractivity (Wildman–Crippen MR) is 52.6 cm³/mol. The van der Waals surface area contributed by atoms with Crippen molar-refractivity contribution < 1.29 is 14.3 Å². The van der Waals surface area contributed by atoms with Gasteiger partial charge in [-0.05, 0) is 12.1 Å². The van der Waals surface area contributed by atoms with Crippen LogP contribution in [0.15, 0.2) is 24.3 Å². The molecule has 0 bridgehead atoms. The number of nitriles is 1. The summed E-state index contributed by atoms with van der Waals surface area (Å²) in [4.78, 5) is 10.5. The number of nitrogens with zero attached hydrogens (tertiary/aromatic N) is 1. The van der Waals surface area contributed by atoms with E-state index in [1.807, 2.05) is 6.07 Å². The van der Waals surface area contributed by atoms with Crippen LogP contribution in [0.2, 0.25) is 0 Å². The number of benzene rings is 1. The van der Waals surface area contributed by atoms with Crippen molar-refractivity contribution in [2.75, 3.05) is 0 Å². The first kappa shape index (κ1) is 10.9. The molecule has 15 heavy (non-hydrogen) atoms. The van der Waals surface area contributed by atoms with Crippen LogP contribution >= 0.6 is 0 Å². The Morgan fingerprint density at radius 3 is 2.87 bits per heavy atom. The zero-order valence-corrected chi connectivity index (χ0v) is 7.77. The lowest BCUT2D eigenvalue weighted by Crippen LogP contribution is -1.97. The monoisotopic (exact) mass is 205 g/mol. The van der Waals surface area contributed by atoms with Gasteiger partial charge in [0.1, 0.15) is 5.82 Å². The van der Waals surface area contributed by atoms with E-state index in [2.05, 4.69) is 0 Å². The van der Waals surface area contributed by atoms with Crippen LogP contribution in [0.25, 0.3) is 6.08 Å². The van der Waals surface area contributed by atoms with Gasteiger partial charge >= 0.3 is 5.97 Å². The second-order valence-corrected chi connectivity index (χ2v) is 2.81. The summed E-state index contributed by atoms with van der Waals surface area (Å²) in [7, 11) is 0. The van der Waals surface area contributed by atoms with Gasteiger partial charge in [0.25, 0.3) is 0 Å². The van der Waals surface area contributed by atoms with E-state index < -0.39 is 11.8 Å². The Hall–Kier alpha value is -2.15. The van der Waals surface area contributed by atoms with Crippen molar-refractivity contribution in [3.63, 3.8) is 0 Å². The highest BCUT2D eigenvalue weighted by Gasteiger charge is 2.05. The number of halogens is 1. The van der Waals surface area contributed by atoms with E-state index in [9.17, 15) is 9.18 Å². The Morgan fingerprint density at radius 2 is 2.33 bits per heavy atom. The second kappa shape index (κ2) is 4.91. The minimum Gasteiger partial charge on any atom is -0.478 e. The molecule has 1 aromatic carbocycles. The fourth-order valence-electron chi connectivity index (χ4n) is 1.03. The van der Waals surface area contributed by atoms with Crippen molar-refractivity contribution >= 4 is 12.0 Å². The molecule has 0 atom stereocenters. The first-order chi connectivity index (χ1) is 7.15. The molecule has 0 aliphatic carbocycles. The molecule has 0 aromatic heterocycles. The molecule has 0 heterocycles. The molecule has 0 spiro atoms. The summed E-state index contributed by atoms with van der Waals surface area (Å²) in [5.74, 6) is -1.77. The largest absolute Gasteiger partial charge is 0.478 e. The van der Waals surface area contributed by atoms with Gasteiger partial charge in [0.2, 0.25) is 0 Å². The van der Waals surface area contributed by atoms with Gasteiger partial charge in [-0.15, -0.1) is 0 Å². The molecule has 0 aliphatic heterocycles. The van der Waals surface area contributed by atoms with Crippen LogP contribution in [-0.2, 0) is 0 Å². The van der Waals surface area contributed by atoms with Crippen LogP contribution in [0, 0.1) is 17.1 Å². The maximum absolute atomic E-state index is 13.2. The normalized spacial score (nSPS) is 10.1. The number of carboxylic acids is 1. The molecule has 0 aliphatic rings. The van der Waals surface area contributed by atoms with E-state index in [-0.39, 0.29) is 17.5 Å². The number of aromatic carboxylic acids is 1. The van der Waals surface area contributed by atoms with E-state index >= 15 is 0 Å². The van der Waals surface area contributed by atoms with Crippen LogP contribution in [0.3, 0.4) is 0 Å². The average Bonchev–Trinajstić information content (AvgIpc) is 2.20. The molecule has 1 aromatic rings. The van der Waals surface area contributed by atoms with Crippen LogP contribution in [-0.4, -0.2) is 11.1 Å². The van der Waals surface area contributed by atoms with Gasteiger partial charge in [0.15, 0.2) is 0 Å². The highest BCUT2D eigenvalue weighted by Crippen LogP contribution is 2.12. The molecular formula is C11H8FNO2. The van der Waals surface area contributed by atoms with Crippen molar-refractivity contribution in [1.82, 2.24) is 0 Å². The third-order valence-corrected chi connectivity index (χ3v) is 1.75. The summed E-state index contributed by atoms with van der Waals surface area (Å²) < 4.78 is 13.2. The lowest BCUT2D eigenvalue weighted by molar-refractivity contribution is 0.0696. The zero-order chi connectivity index (χ0) is 11.3. The van der Waals surface area contributed by atoms with Gasteiger partial charge in [0.05, 0.1) is 18.1 Å². The van der Waals surface area contributed by atoms with Crippen molar-refractivity contribution in [1.29, 1.82) is 5.26 Å². The van der Waals surface area contributed by atoms with E-state index in [1.165, 1.54) is 24.3 Å². The molecule has 0 amide bonds. The van der Waals surface area contributed by atoms with Gasteiger partial charge < -0.3 is 5.11 Å². The summed E-state index contributed by atoms with van der Waals surface area (Å²) in [5.41, 5.74) is 0.181.